The van der Waals surface area contributed by atoms with E-state index in [-0.39, 0.29) is 5.78 Å². The molecule has 0 atom stereocenters. The summed E-state index contributed by atoms with van der Waals surface area (Å²) in [5.41, 5.74) is 3.06. The van der Waals surface area contributed by atoms with Crippen LogP contribution < -0.4 is 9.47 Å². The highest BCUT2D eigenvalue weighted by molar-refractivity contribution is 6.11. The summed E-state index contributed by atoms with van der Waals surface area (Å²) in [6.07, 6.45) is 0. The lowest BCUT2D eigenvalue weighted by atomic mass is 10.1. The van der Waals surface area contributed by atoms with Crippen molar-refractivity contribution < 1.29 is 14.3 Å². The molecule has 134 valence electrons. The van der Waals surface area contributed by atoms with Crippen molar-refractivity contribution in [3.63, 3.8) is 0 Å². The van der Waals surface area contributed by atoms with Crippen LogP contribution in [0, 0.1) is 0 Å². The van der Waals surface area contributed by atoms with Gasteiger partial charge >= 0.3 is 0 Å². The summed E-state index contributed by atoms with van der Waals surface area (Å²) in [4.78, 5) is 16.0. The number of aromatic nitrogens is 1. The van der Waals surface area contributed by atoms with Gasteiger partial charge in [-0.15, -0.1) is 0 Å². The molecule has 0 unspecified atom stereocenters. The average molecular weight is 357 g/mol. The third-order valence-electron chi connectivity index (χ3n) is 4.44. The van der Waals surface area contributed by atoms with E-state index in [4.69, 9.17) is 9.47 Å². The number of carbonyl (C=O) groups excluding carboxylic acids is 1. The average Bonchev–Trinajstić information content (AvgIpc) is 3.16. The fraction of sp³-hybridized carbons (Fsp3) is 0.0870. The second-order valence-corrected chi connectivity index (χ2v) is 6.24. The zero-order valence-corrected chi connectivity index (χ0v) is 14.9. The fourth-order valence-electron chi connectivity index (χ4n) is 3.04. The van der Waals surface area contributed by atoms with Crippen LogP contribution >= 0.6 is 0 Å². The van der Waals surface area contributed by atoms with Gasteiger partial charge in [0.2, 0.25) is 5.78 Å². The van der Waals surface area contributed by atoms with E-state index in [2.05, 4.69) is 4.98 Å². The Morgan fingerprint density at radius 3 is 2.52 bits per heavy atom. The molecule has 3 aromatic carbocycles. The minimum Gasteiger partial charge on any atom is -0.496 e. The van der Waals surface area contributed by atoms with Gasteiger partial charge in [0.15, 0.2) is 0 Å². The first-order valence-corrected chi connectivity index (χ1v) is 8.72. The molecule has 1 heterocycles. The number of fused-ring (bicyclic) bond motifs is 1. The lowest BCUT2D eigenvalue weighted by molar-refractivity contribution is 0.103. The van der Waals surface area contributed by atoms with Crippen LogP contribution in [-0.4, -0.2) is 17.9 Å². The number of para-hydroxylation sites is 1. The Morgan fingerprint density at radius 1 is 0.926 bits per heavy atom. The van der Waals surface area contributed by atoms with Crippen LogP contribution in [-0.2, 0) is 6.61 Å². The Balaban J connectivity index is 1.58. The zero-order chi connectivity index (χ0) is 18.6. The minimum atomic E-state index is -0.101. The molecule has 1 aromatic heterocycles. The van der Waals surface area contributed by atoms with Gasteiger partial charge in [-0.25, -0.2) is 0 Å². The van der Waals surface area contributed by atoms with Gasteiger partial charge in [-0.2, -0.15) is 0 Å². The van der Waals surface area contributed by atoms with Crippen molar-refractivity contribution >= 4 is 16.7 Å². The van der Waals surface area contributed by atoms with Gasteiger partial charge < -0.3 is 14.5 Å². The Morgan fingerprint density at radius 2 is 1.70 bits per heavy atom. The van der Waals surface area contributed by atoms with Crippen LogP contribution in [0.4, 0.5) is 0 Å². The number of ether oxygens (including phenoxy) is 2. The number of benzene rings is 3. The quantitative estimate of drug-likeness (QED) is 0.495. The largest absolute Gasteiger partial charge is 0.496 e. The summed E-state index contributed by atoms with van der Waals surface area (Å²) < 4.78 is 11.2. The Bertz CT molecular complexity index is 1080. The molecule has 0 saturated heterocycles. The van der Waals surface area contributed by atoms with Crippen molar-refractivity contribution in [1.29, 1.82) is 0 Å². The molecule has 4 aromatic rings. The Kier molecular flexibility index (Phi) is 4.62. The van der Waals surface area contributed by atoms with Crippen LogP contribution in [0.5, 0.6) is 11.5 Å². The number of H-pyrrole nitrogens is 1. The predicted molar refractivity (Wildman–Crippen MR) is 105 cm³/mol. The smallest absolute Gasteiger partial charge is 0.212 e. The molecule has 1 N–H and O–H groups in total. The van der Waals surface area contributed by atoms with E-state index in [0.29, 0.717) is 23.6 Å². The summed E-state index contributed by atoms with van der Waals surface area (Å²) in [6, 6.07) is 24.8. The summed E-state index contributed by atoms with van der Waals surface area (Å²) in [5, 5.41) is 0.929. The molecule has 0 fully saturated rings. The van der Waals surface area contributed by atoms with Crippen molar-refractivity contribution in [2.45, 2.75) is 6.61 Å². The number of nitrogens with one attached hydrogen (secondary N) is 1. The molecular weight excluding hydrogens is 338 g/mol. The maximum Gasteiger partial charge on any atom is 0.212 e. The fourth-order valence-corrected chi connectivity index (χ4v) is 3.04. The normalized spacial score (nSPS) is 10.7. The van der Waals surface area contributed by atoms with E-state index in [1.54, 1.807) is 19.2 Å². The number of hydrogen-bond donors (Lipinski definition) is 1. The monoisotopic (exact) mass is 357 g/mol. The van der Waals surface area contributed by atoms with Crippen molar-refractivity contribution in [2.75, 3.05) is 7.11 Å². The van der Waals surface area contributed by atoms with Gasteiger partial charge in [0.05, 0.1) is 18.4 Å². The molecule has 4 heteroatoms. The van der Waals surface area contributed by atoms with Gasteiger partial charge in [-0.3, -0.25) is 4.79 Å². The van der Waals surface area contributed by atoms with Crippen molar-refractivity contribution in [2.24, 2.45) is 0 Å². The van der Waals surface area contributed by atoms with E-state index in [1.165, 1.54) is 0 Å². The summed E-state index contributed by atoms with van der Waals surface area (Å²) in [6.45, 7) is 0.504. The van der Waals surface area contributed by atoms with Gasteiger partial charge in [0.1, 0.15) is 18.1 Å². The van der Waals surface area contributed by atoms with E-state index >= 15 is 0 Å². The number of ketones is 1. The van der Waals surface area contributed by atoms with Gasteiger partial charge in [-0.05, 0) is 42.0 Å². The van der Waals surface area contributed by atoms with Crippen molar-refractivity contribution in [3.05, 3.63) is 95.7 Å². The second-order valence-electron chi connectivity index (χ2n) is 6.24. The van der Waals surface area contributed by atoms with E-state index in [0.717, 1.165) is 22.2 Å². The lowest BCUT2D eigenvalue weighted by Crippen LogP contribution is -2.03. The predicted octanol–water partition coefficient (Wildman–Crippen LogP) is 4.99. The second kappa shape index (κ2) is 7.38. The first-order chi connectivity index (χ1) is 13.2. The third kappa shape index (κ3) is 3.55. The third-order valence-corrected chi connectivity index (χ3v) is 4.44. The Hall–Kier alpha value is -3.53. The van der Waals surface area contributed by atoms with Gasteiger partial charge in [0, 0.05) is 10.9 Å². The first-order valence-electron chi connectivity index (χ1n) is 8.72. The van der Waals surface area contributed by atoms with Crippen LogP contribution in [0.3, 0.4) is 0 Å². The molecule has 4 rings (SSSR count). The van der Waals surface area contributed by atoms with E-state index in [9.17, 15) is 4.79 Å². The lowest BCUT2D eigenvalue weighted by Gasteiger charge is -2.06. The molecule has 0 aliphatic rings. The standard InChI is InChI=1S/C23H19NO3/c1-26-22-10-6-5-9-19(22)23(25)21-14-17-13-18(11-12-20(17)24-21)27-15-16-7-3-2-4-8-16/h2-14,24H,15H2,1H3. The number of hydrogen-bond acceptors (Lipinski definition) is 3. The summed E-state index contributed by atoms with van der Waals surface area (Å²) in [5.74, 6) is 1.23. The molecule has 27 heavy (non-hydrogen) atoms. The number of carbonyl (C=O) groups is 1. The van der Waals surface area contributed by atoms with Crippen molar-refractivity contribution in [3.8, 4) is 11.5 Å². The summed E-state index contributed by atoms with van der Waals surface area (Å²) in [7, 11) is 1.56. The Labute approximate surface area is 157 Å². The van der Waals surface area contributed by atoms with Gasteiger partial charge in [-0.1, -0.05) is 42.5 Å². The molecule has 0 amide bonds. The van der Waals surface area contributed by atoms with Gasteiger partial charge in [0.25, 0.3) is 0 Å². The van der Waals surface area contributed by atoms with Crippen molar-refractivity contribution in [1.82, 2.24) is 4.98 Å². The highest BCUT2D eigenvalue weighted by Gasteiger charge is 2.16. The molecule has 0 spiro atoms. The first kappa shape index (κ1) is 16.9. The number of methoxy groups -OCH3 is 1. The SMILES string of the molecule is COc1ccccc1C(=O)c1cc2cc(OCc3ccccc3)ccc2[nH]1. The molecule has 4 nitrogen and oxygen atoms in total. The highest BCUT2D eigenvalue weighted by atomic mass is 16.5. The topological polar surface area (TPSA) is 51.3 Å². The highest BCUT2D eigenvalue weighted by Crippen LogP contribution is 2.26. The van der Waals surface area contributed by atoms with E-state index in [1.807, 2.05) is 66.7 Å². The number of rotatable bonds is 6. The molecular formula is C23H19NO3. The van der Waals surface area contributed by atoms with E-state index < -0.39 is 0 Å². The molecule has 0 radical (unpaired) electrons. The maximum absolute atomic E-state index is 12.8. The zero-order valence-electron chi connectivity index (χ0n) is 14.9. The van der Waals surface area contributed by atoms with Crippen LogP contribution in [0.1, 0.15) is 21.6 Å². The van der Waals surface area contributed by atoms with Crippen LogP contribution in [0.25, 0.3) is 10.9 Å². The van der Waals surface area contributed by atoms with Crippen LogP contribution in [0.15, 0.2) is 78.9 Å². The summed E-state index contributed by atoms with van der Waals surface area (Å²) >= 11 is 0. The molecule has 0 aliphatic heterocycles. The molecule has 0 aliphatic carbocycles. The minimum absolute atomic E-state index is 0.101. The van der Waals surface area contributed by atoms with Crippen LogP contribution in [0.2, 0.25) is 0 Å². The molecule has 0 bridgehead atoms. The molecule has 0 saturated carbocycles. The number of aromatic amines is 1. The maximum atomic E-state index is 12.8.